The number of halogens is 2. The lowest BCUT2D eigenvalue weighted by atomic mass is 10.2. The van der Waals surface area contributed by atoms with Crippen molar-refractivity contribution in [2.75, 3.05) is 33.9 Å². The number of pyridine rings is 1. The van der Waals surface area contributed by atoms with Gasteiger partial charge in [0, 0.05) is 40.0 Å². The summed E-state index contributed by atoms with van der Waals surface area (Å²) in [6.07, 6.45) is 5.77. The number of likely N-dealkylation sites (N-methyl/N-ethyl adjacent to an activating group) is 1. The first-order valence-electron chi connectivity index (χ1n) is 9.51. The average molecular weight is 514 g/mol. The molecule has 1 aliphatic carbocycles. The van der Waals surface area contributed by atoms with E-state index >= 15 is 0 Å². The second kappa shape index (κ2) is 11.9. The largest absolute Gasteiger partial charge is 0.453 e. The topological polar surface area (TPSA) is 59.0 Å². The summed E-state index contributed by atoms with van der Waals surface area (Å²) >= 11 is 0. The number of benzene rings is 1. The van der Waals surface area contributed by atoms with Crippen LogP contribution in [-0.2, 0) is 11.3 Å². The molecule has 29 heavy (non-hydrogen) atoms. The third-order valence-corrected chi connectivity index (χ3v) is 4.50. The van der Waals surface area contributed by atoms with Gasteiger partial charge in [0.05, 0.1) is 12.8 Å². The standard InChI is InChI=1S/C21H27FN4O2.HI/c1-23-21(26(2)10-11-27-15-16-5-6-16)25-13-17-7-8-20(19(22)12-17)28-18-4-3-9-24-14-18;/h3-4,7-9,12,14,16H,5-6,10-11,13,15H2,1-2H3,(H,23,25);1H. The fourth-order valence-corrected chi connectivity index (χ4v) is 2.68. The Kier molecular flexibility index (Phi) is 9.59. The molecule has 6 nitrogen and oxygen atoms in total. The molecule has 0 spiro atoms. The minimum Gasteiger partial charge on any atom is -0.453 e. The summed E-state index contributed by atoms with van der Waals surface area (Å²) in [5.74, 6) is 1.76. The van der Waals surface area contributed by atoms with Crippen LogP contribution < -0.4 is 10.1 Å². The van der Waals surface area contributed by atoms with Gasteiger partial charge in [-0.1, -0.05) is 6.07 Å². The van der Waals surface area contributed by atoms with E-state index in [1.807, 2.05) is 18.0 Å². The van der Waals surface area contributed by atoms with Crippen LogP contribution in [0.15, 0.2) is 47.7 Å². The molecule has 1 aromatic heterocycles. The second-order valence-electron chi connectivity index (χ2n) is 6.90. The van der Waals surface area contributed by atoms with Gasteiger partial charge < -0.3 is 19.7 Å². The number of nitrogens with one attached hydrogen (secondary N) is 1. The first-order chi connectivity index (χ1) is 13.7. The molecular formula is C21H28FIN4O2. The maximum Gasteiger partial charge on any atom is 0.193 e. The molecule has 2 aromatic rings. The summed E-state index contributed by atoms with van der Waals surface area (Å²) in [4.78, 5) is 10.2. The quantitative estimate of drug-likeness (QED) is 0.237. The SMILES string of the molecule is CN=C(NCc1ccc(Oc2cccnc2)c(F)c1)N(C)CCOCC1CC1.I. The number of aliphatic imine (C=N–C) groups is 1. The lowest BCUT2D eigenvalue weighted by molar-refractivity contribution is 0.115. The number of hydrogen-bond acceptors (Lipinski definition) is 4. The van der Waals surface area contributed by atoms with Crippen LogP contribution in [0.3, 0.4) is 0 Å². The van der Waals surface area contributed by atoms with E-state index in [9.17, 15) is 4.39 Å². The molecule has 3 rings (SSSR count). The van der Waals surface area contributed by atoms with Gasteiger partial charge in [0.2, 0.25) is 0 Å². The molecule has 0 radical (unpaired) electrons. The van der Waals surface area contributed by atoms with Crippen LogP contribution in [0.25, 0.3) is 0 Å². The van der Waals surface area contributed by atoms with Crippen molar-refractivity contribution in [1.29, 1.82) is 0 Å². The molecule has 0 aliphatic heterocycles. The van der Waals surface area contributed by atoms with E-state index in [0.717, 1.165) is 30.6 Å². The highest BCUT2D eigenvalue weighted by Crippen LogP contribution is 2.28. The minimum absolute atomic E-state index is 0. The molecule has 1 aromatic carbocycles. The van der Waals surface area contributed by atoms with Crippen LogP contribution in [-0.4, -0.2) is 49.7 Å². The van der Waals surface area contributed by atoms with Gasteiger partial charge in [-0.3, -0.25) is 9.98 Å². The van der Waals surface area contributed by atoms with Crippen LogP contribution in [0.5, 0.6) is 11.5 Å². The lowest BCUT2D eigenvalue weighted by Gasteiger charge is -2.22. The Hall–Kier alpha value is -1.94. The van der Waals surface area contributed by atoms with Crippen LogP contribution >= 0.6 is 24.0 Å². The summed E-state index contributed by atoms with van der Waals surface area (Å²) in [7, 11) is 3.69. The first kappa shape index (κ1) is 23.3. The molecule has 8 heteroatoms. The van der Waals surface area contributed by atoms with E-state index < -0.39 is 5.82 Å². The zero-order chi connectivity index (χ0) is 19.8. The van der Waals surface area contributed by atoms with Gasteiger partial charge in [-0.05, 0) is 48.6 Å². The average Bonchev–Trinajstić information content (AvgIpc) is 3.53. The van der Waals surface area contributed by atoms with Crippen molar-refractivity contribution in [1.82, 2.24) is 15.2 Å². The Morgan fingerprint density at radius 2 is 2.17 bits per heavy atom. The molecule has 0 bridgehead atoms. The molecule has 1 heterocycles. The highest BCUT2D eigenvalue weighted by atomic mass is 127. The number of rotatable bonds is 9. The number of guanidine groups is 1. The maximum absolute atomic E-state index is 14.3. The van der Waals surface area contributed by atoms with Crippen molar-refractivity contribution < 1.29 is 13.9 Å². The van der Waals surface area contributed by atoms with Crippen LogP contribution in [0.4, 0.5) is 4.39 Å². The van der Waals surface area contributed by atoms with E-state index in [0.29, 0.717) is 18.9 Å². The molecule has 1 N–H and O–H groups in total. The monoisotopic (exact) mass is 514 g/mol. The maximum atomic E-state index is 14.3. The highest BCUT2D eigenvalue weighted by Gasteiger charge is 2.21. The van der Waals surface area contributed by atoms with Crippen LogP contribution in [0, 0.1) is 11.7 Å². The fraction of sp³-hybridized carbons (Fsp3) is 0.429. The van der Waals surface area contributed by atoms with Gasteiger partial charge in [-0.15, -0.1) is 24.0 Å². The summed E-state index contributed by atoms with van der Waals surface area (Å²) in [6, 6.07) is 8.39. The molecule has 158 valence electrons. The van der Waals surface area contributed by atoms with Crippen molar-refractivity contribution in [3.8, 4) is 11.5 Å². The van der Waals surface area contributed by atoms with E-state index in [2.05, 4.69) is 15.3 Å². The van der Waals surface area contributed by atoms with Crippen molar-refractivity contribution >= 4 is 29.9 Å². The highest BCUT2D eigenvalue weighted by molar-refractivity contribution is 14.0. The minimum atomic E-state index is -0.417. The molecule has 0 atom stereocenters. The summed E-state index contributed by atoms with van der Waals surface area (Å²) < 4.78 is 25.5. The molecule has 0 amide bonds. The zero-order valence-corrected chi connectivity index (χ0v) is 19.1. The first-order valence-corrected chi connectivity index (χ1v) is 9.51. The van der Waals surface area contributed by atoms with Gasteiger partial charge in [0.15, 0.2) is 17.5 Å². The molecule has 0 unspecified atom stereocenters. The predicted octanol–water partition coefficient (Wildman–Crippen LogP) is 4.06. The van der Waals surface area contributed by atoms with Gasteiger partial charge in [-0.25, -0.2) is 4.39 Å². The Balaban J connectivity index is 0.00000300. The molecule has 1 fully saturated rings. The lowest BCUT2D eigenvalue weighted by Crippen LogP contribution is -2.40. The summed E-state index contributed by atoms with van der Waals surface area (Å²) in [6.45, 7) is 2.73. The Bertz CT molecular complexity index is 788. The number of nitrogens with zero attached hydrogens (tertiary/aromatic N) is 3. The second-order valence-corrected chi connectivity index (χ2v) is 6.90. The normalized spacial score (nSPS) is 13.6. The van der Waals surface area contributed by atoms with Crippen LogP contribution in [0.2, 0.25) is 0 Å². The van der Waals surface area contributed by atoms with Gasteiger partial charge in [-0.2, -0.15) is 0 Å². The third-order valence-electron chi connectivity index (χ3n) is 4.50. The van der Waals surface area contributed by atoms with E-state index in [-0.39, 0.29) is 29.7 Å². The Morgan fingerprint density at radius 1 is 1.34 bits per heavy atom. The molecular weight excluding hydrogens is 486 g/mol. The van der Waals surface area contributed by atoms with E-state index in [1.54, 1.807) is 37.6 Å². The van der Waals surface area contributed by atoms with Gasteiger partial charge in [0.25, 0.3) is 0 Å². The van der Waals surface area contributed by atoms with Gasteiger partial charge in [0.1, 0.15) is 5.75 Å². The number of ether oxygens (including phenoxy) is 2. The Labute approximate surface area is 188 Å². The number of aromatic nitrogens is 1. The third kappa shape index (κ3) is 7.77. The van der Waals surface area contributed by atoms with Gasteiger partial charge >= 0.3 is 0 Å². The summed E-state index contributed by atoms with van der Waals surface area (Å²) in [5.41, 5.74) is 0.801. The zero-order valence-electron chi connectivity index (χ0n) is 16.8. The summed E-state index contributed by atoms with van der Waals surface area (Å²) in [5, 5.41) is 3.25. The molecule has 1 aliphatic rings. The Morgan fingerprint density at radius 3 is 2.83 bits per heavy atom. The predicted molar refractivity (Wildman–Crippen MR) is 122 cm³/mol. The fourth-order valence-electron chi connectivity index (χ4n) is 2.68. The molecule has 1 saturated carbocycles. The number of hydrogen-bond donors (Lipinski definition) is 1. The van der Waals surface area contributed by atoms with Crippen LogP contribution in [0.1, 0.15) is 18.4 Å². The van der Waals surface area contributed by atoms with Crippen molar-refractivity contribution in [3.05, 3.63) is 54.1 Å². The van der Waals surface area contributed by atoms with E-state index in [1.165, 1.54) is 18.9 Å². The van der Waals surface area contributed by atoms with Crippen molar-refractivity contribution in [2.24, 2.45) is 10.9 Å². The van der Waals surface area contributed by atoms with Crippen molar-refractivity contribution in [2.45, 2.75) is 19.4 Å². The van der Waals surface area contributed by atoms with E-state index in [4.69, 9.17) is 9.47 Å². The molecule has 0 saturated heterocycles. The van der Waals surface area contributed by atoms with Crippen molar-refractivity contribution in [3.63, 3.8) is 0 Å². The smallest absolute Gasteiger partial charge is 0.193 e.